The quantitative estimate of drug-likeness (QED) is 0.663. The first-order chi connectivity index (χ1) is 12.4. The molecule has 7 atom stereocenters. The Hall–Kier alpha value is -0.630. The van der Waals surface area contributed by atoms with Gasteiger partial charge in [0.2, 0.25) is 0 Å². The fourth-order valence-electron chi connectivity index (χ4n) is 8.16. The third kappa shape index (κ3) is 2.06. The van der Waals surface area contributed by atoms with Crippen molar-refractivity contribution in [2.45, 2.75) is 83.0 Å². The van der Waals surface area contributed by atoms with E-state index < -0.39 is 5.60 Å². The van der Waals surface area contributed by atoms with Gasteiger partial charge in [-0.1, -0.05) is 13.8 Å². The monoisotopic (exact) mass is 359 g/mol. The molecule has 4 heteroatoms. The molecular formula is C22H33NO3. The van der Waals surface area contributed by atoms with Crippen LogP contribution in [0.25, 0.3) is 0 Å². The molecule has 4 saturated carbocycles. The minimum absolute atomic E-state index is 0.209. The number of nitrogens with zero attached hydrogens (tertiary/aromatic N) is 1. The molecule has 5 rings (SSSR count). The molecule has 0 aromatic carbocycles. The van der Waals surface area contributed by atoms with E-state index in [1.807, 2.05) is 0 Å². The van der Waals surface area contributed by atoms with Crippen LogP contribution in [0.4, 0.5) is 0 Å². The predicted molar refractivity (Wildman–Crippen MR) is 96.9 cm³/mol. The Morgan fingerprint density at radius 1 is 0.923 bits per heavy atom. The van der Waals surface area contributed by atoms with Crippen LogP contribution in [-0.2, 0) is 9.47 Å². The van der Waals surface area contributed by atoms with Crippen LogP contribution < -0.4 is 0 Å². The molecule has 0 bridgehead atoms. The highest BCUT2D eigenvalue weighted by atomic mass is 16.7. The maximum atomic E-state index is 11.0. The van der Waals surface area contributed by atoms with E-state index in [-0.39, 0.29) is 11.2 Å². The second-order valence-corrected chi connectivity index (χ2v) is 10.4. The molecule has 26 heavy (non-hydrogen) atoms. The van der Waals surface area contributed by atoms with E-state index in [0.29, 0.717) is 29.6 Å². The maximum absolute atomic E-state index is 11.0. The number of hydrogen-bond acceptors (Lipinski definition) is 4. The third-order valence-corrected chi connectivity index (χ3v) is 9.82. The predicted octanol–water partition coefficient (Wildman–Crippen LogP) is 4.03. The van der Waals surface area contributed by atoms with Crippen LogP contribution >= 0.6 is 0 Å². The summed E-state index contributed by atoms with van der Waals surface area (Å²) in [5.41, 5.74) is -0.944. The average molecular weight is 360 g/mol. The van der Waals surface area contributed by atoms with Gasteiger partial charge in [-0.15, -0.1) is 0 Å². The van der Waals surface area contributed by atoms with E-state index in [1.165, 1.54) is 25.7 Å². The van der Waals surface area contributed by atoms with Gasteiger partial charge in [-0.25, -0.2) is 0 Å². The second kappa shape index (κ2) is 5.46. The van der Waals surface area contributed by atoms with Crippen LogP contribution in [-0.4, -0.2) is 29.7 Å². The Morgan fingerprint density at radius 2 is 1.65 bits per heavy atom. The molecule has 1 saturated heterocycles. The highest BCUT2D eigenvalue weighted by molar-refractivity contribution is 5.21. The van der Waals surface area contributed by atoms with Gasteiger partial charge in [0.1, 0.15) is 0 Å². The maximum Gasteiger partial charge on any atom is 0.168 e. The molecule has 0 radical (unpaired) electrons. The highest BCUT2D eigenvalue weighted by Crippen LogP contribution is 2.69. The molecule has 1 N–H and O–H groups in total. The van der Waals surface area contributed by atoms with Crippen molar-refractivity contribution in [2.75, 3.05) is 13.2 Å². The Bertz CT molecular complexity index is 638. The summed E-state index contributed by atoms with van der Waals surface area (Å²) in [6, 6.07) is 2.30. The number of fused-ring (bicyclic) bond motifs is 5. The largest absolute Gasteiger partial charge is 0.375 e. The van der Waals surface area contributed by atoms with E-state index in [2.05, 4.69) is 19.9 Å². The van der Waals surface area contributed by atoms with Gasteiger partial charge in [-0.3, -0.25) is 0 Å². The molecule has 0 amide bonds. The van der Waals surface area contributed by atoms with Crippen LogP contribution in [0.1, 0.15) is 71.6 Å². The van der Waals surface area contributed by atoms with Crippen molar-refractivity contribution in [3.8, 4) is 6.07 Å². The summed E-state index contributed by atoms with van der Waals surface area (Å²) < 4.78 is 12.1. The topological polar surface area (TPSA) is 62.5 Å². The van der Waals surface area contributed by atoms with E-state index in [4.69, 9.17) is 9.47 Å². The molecule has 1 heterocycles. The lowest BCUT2D eigenvalue weighted by Crippen LogP contribution is -2.58. The Kier molecular flexibility index (Phi) is 3.67. The molecule has 5 fully saturated rings. The van der Waals surface area contributed by atoms with Gasteiger partial charge in [0.25, 0.3) is 0 Å². The van der Waals surface area contributed by atoms with Gasteiger partial charge < -0.3 is 14.6 Å². The SMILES string of the molecule is C[C@]12CCC3(C[C@@H]1CC[C@@H]1[C@@H]2CC[C@]2(C)[C@H]1CC[C@]2(O)C#N)OCCO3. The smallest absolute Gasteiger partial charge is 0.168 e. The summed E-state index contributed by atoms with van der Waals surface area (Å²) in [7, 11) is 0. The minimum atomic E-state index is -1.11. The molecule has 0 aromatic rings. The third-order valence-electron chi connectivity index (χ3n) is 9.82. The van der Waals surface area contributed by atoms with E-state index in [9.17, 15) is 10.4 Å². The fourth-order valence-corrected chi connectivity index (χ4v) is 8.16. The van der Waals surface area contributed by atoms with Gasteiger partial charge in [0.05, 0.1) is 19.3 Å². The zero-order valence-electron chi connectivity index (χ0n) is 16.3. The van der Waals surface area contributed by atoms with Crippen molar-refractivity contribution >= 4 is 0 Å². The van der Waals surface area contributed by atoms with Gasteiger partial charge in [0, 0.05) is 18.3 Å². The van der Waals surface area contributed by atoms with Crippen LogP contribution in [0.2, 0.25) is 0 Å². The zero-order valence-corrected chi connectivity index (χ0v) is 16.3. The molecular weight excluding hydrogens is 326 g/mol. The molecule has 1 aliphatic heterocycles. The van der Waals surface area contributed by atoms with Crippen molar-refractivity contribution in [2.24, 2.45) is 34.5 Å². The summed E-state index contributed by atoms with van der Waals surface area (Å²) in [6.07, 6.45) is 9.67. The molecule has 4 nitrogen and oxygen atoms in total. The van der Waals surface area contributed by atoms with Gasteiger partial charge in [0.15, 0.2) is 11.4 Å². The normalized spacial score (nSPS) is 55.0. The summed E-state index contributed by atoms with van der Waals surface area (Å²) >= 11 is 0. The summed E-state index contributed by atoms with van der Waals surface area (Å²) in [5.74, 6) is 2.33. The molecule has 0 unspecified atom stereocenters. The van der Waals surface area contributed by atoms with Crippen LogP contribution in [0.5, 0.6) is 0 Å². The average Bonchev–Trinajstić information content (AvgIpc) is 3.19. The van der Waals surface area contributed by atoms with Crippen molar-refractivity contribution in [1.29, 1.82) is 5.26 Å². The molecule has 5 aliphatic rings. The van der Waals surface area contributed by atoms with Gasteiger partial charge in [-0.2, -0.15) is 5.26 Å². The van der Waals surface area contributed by atoms with E-state index >= 15 is 0 Å². The Morgan fingerprint density at radius 3 is 2.38 bits per heavy atom. The standard InChI is InChI=1S/C22H33NO3/c1-19-9-10-22(25-11-12-26-22)13-15(19)3-4-16-17(19)5-7-20(2)18(16)6-8-21(20,24)14-23/h15-18,24H,3-13H2,1-2H3/t15-,16+,17-,18-,19-,20+,21-/m0/s1. The number of aliphatic hydroxyl groups is 1. The Labute approximate surface area is 157 Å². The summed E-state index contributed by atoms with van der Waals surface area (Å²) in [6.45, 7) is 6.24. The van der Waals surface area contributed by atoms with E-state index in [1.54, 1.807) is 0 Å². The lowest BCUT2D eigenvalue weighted by Gasteiger charge is -2.62. The number of nitriles is 1. The van der Waals surface area contributed by atoms with Crippen molar-refractivity contribution in [3.63, 3.8) is 0 Å². The lowest BCUT2D eigenvalue weighted by atomic mass is 9.44. The van der Waals surface area contributed by atoms with Gasteiger partial charge in [-0.05, 0) is 74.0 Å². The lowest BCUT2D eigenvalue weighted by molar-refractivity contribution is -0.231. The highest BCUT2D eigenvalue weighted by Gasteiger charge is 2.66. The zero-order chi connectivity index (χ0) is 18.2. The fraction of sp³-hybridized carbons (Fsp3) is 0.955. The number of hydrogen-bond donors (Lipinski definition) is 1. The van der Waals surface area contributed by atoms with Gasteiger partial charge >= 0.3 is 0 Å². The van der Waals surface area contributed by atoms with Crippen molar-refractivity contribution in [1.82, 2.24) is 0 Å². The van der Waals surface area contributed by atoms with Crippen LogP contribution in [0.3, 0.4) is 0 Å². The molecule has 0 aromatic heterocycles. The van der Waals surface area contributed by atoms with Crippen molar-refractivity contribution in [3.05, 3.63) is 0 Å². The molecule has 1 spiro atoms. The molecule has 144 valence electrons. The van der Waals surface area contributed by atoms with Crippen LogP contribution in [0.15, 0.2) is 0 Å². The first kappa shape index (κ1) is 17.5. The minimum Gasteiger partial charge on any atom is -0.375 e. The Balaban J connectivity index is 1.42. The molecule has 4 aliphatic carbocycles. The first-order valence-electron chi connectivity index (χ1n) is 10.8. The number of rotatable bonds is 0. The number of ether oxygens (including phenoxy) is 2. The van der Waals surface area contributed by atoms with E-state index in [0.717, 1.165) is 44.8 Å². The first-order valence-corrected chi connectivity index (χ1v) is 10.8. The summed E-state index contributed by atoms with van der Waals surface area (Å²) in [4.78, 5) is 0. The second-order valence-electron chi connectivity index (χ2n) is 10.4. The van der Waals surface area contributed by atoms with Crippen LogP contribution in [0, 0.1) is 45.8 Å². The van der Waals surface area contributed by atoms with Crippen molar-refractivity contribution < 1.29 is 14.6 Å². The summed E-state index contributed by atoms with van der Waals surface area (Å²) in [5, 5.41) is 20.6.